The van der Waals surface area contributed by atoms with Crippen molar-refractivity contribution in [2.75, 3.05) is 0 Å². The number of rotatable bonds is 1. The van der Waals surface area contributed by atoms with Gasteiger partial charge in [-0.15, -0.1) is 5.10 Å². The predicted molar refractivity (Wildman–Crippen MR) is 73.3 cm³/mol. The Kier molecular flexibility index (Phi) is 3.37. The van der Waals surface area contributed by atoms with Gasteiger partial charge in [0, 0.05) is 0 Å². The van der Waals surface area contributed by atoms with Crippen molar-refractivity contribution in [1.82, 2.24) is 20.0 Å². The summed E-state index contributed by atoms with van der Waals surface area (Å²) in [7, 11) is 0. The lowest BCUT2D eigenvalue weighted by atomic mass is 10.2. The quantitative estimate of drug-likeness (QED) is 0.725. The van der Waals surface area contributed by atoms with Crippen LogP contribution in [0.25, 0.3) is 16.6 Å². The summed E-state index contributed by atoms with van der Waals surface area (Å²) in [6.45, 7) is 0. The van der Waals surface area contributed by atoms with Crippen molar-refractivity contribution >= 4 is 34.1 Å². The van der Waals surface area contributed by atoms with Crippen molar-refractivity contribution in [2.45, 2.75) is 6.18 Å². The molecule has 0 aliphatic rings. The lowest BCUT2D eigenvalue weighted by Gasteiger charge is -2.12. The third kappa shape index (κ3) is 2.34. The van der Waals surface area contributed by atoms with E-state index in [9.17, 15) is 18.3 Å². The Bertz CT molecular complexity index is 855. The predicted octanol–water partition coefficient (Wildman–Crippen LogP) is 3.85. The molecule has 0 saturated heterocycles. The van der Waals surface area contributed by atoms with Crippen LogP contribution in [-0.4, -0.2) is 25.1 Å². The van der Waals surface area contributed by atoms with Gasteiger partial charge in [0.15, 0.2) is 0 Å². The molecule has 0 unspecified atom stereocenters. The summed E-state index contributed by atoms with van der Waals surface area (Å²) in [6.07, 6.45) is -2.00. The normalized spacial score (nSPS) is 12.0. The minimum Gasteiger partial charge on any atom is -0.492 e. The molecule has 10 heteroatoms. The van der Waals surface area contributed by atoms with Crippen LogP contribution in [-0.2, 0) is 6.18 Å². The van der Waals surface area contributed by atoms with E-state index in [1.807, 2.05) is 0 Å². The molecule has 0 aliphatic carbocycles. The van der Waals surface area contributed by atoms with Gasteiger partial charge in [0.05, 0.1) is 38.9 Å². The van der Waals surface area contributed by atoms with Gasteiger partial charge in [0.1, 0.15) is 5.69 Å². The number of fused-ring (bicyclic) bond motifs is 1. The molecular formula is C12H5Cl2F3N4O. The first kappa shape index (κ1) is 14.9. The molecule has 0 fully saturated rings. The maximum Gasteiger partial charge on any atom is 0.416 e. The molecule has 114 valence electrons. The molecule has 2 heterocycles. The maximum atomic E-state index is 12.7. The summed E-state index contributed by atoms with van der Waals surface area (Å²) in [6, 6.07) is 1.51. The van der Waals surface area contributed by atoms with Crippen LogP contribution >= 0.6 is 23.2 Å². The number of nitrogens with zero attached hydrogens (tertiary/aromatic N) is 4. The zero-order valence-electron chi connectivity index (χ0n) is 10.4. The Balaban J connectivity index is 2.26. The van der Waals surface area contributed by atoms with Gasteiger partial charge in [-0.25, -0.2) is 4.68 Å². The Morgan fingerprint density at radius 3 is 2.32 bits per heavy atom. The number of halogens is 5. The molecular weight excluding hydrogens is 344 g/mol. The van der Waals surface area contributed by atoms with E-state index in [1.54, 1.807) is 0 Å². The molecule has 1 N–H and O–H groups in total. The fourth-order valence-electron chi connectivity index (χ4n) is 1.96. The van der Waals surface area contributed by atoms with Gasteiger partial charge in [-0.05, 0) is 12.1 Å². The highest BCUT2D eigenvalue weighted by Gasteiger charge is 2.32. The second kappa shape index (κ2) is 4.99. The van der Waals surface area contributed by atoms with E-state index >= 15 is 0 Å². The Morgan fingerprint density at radius 1 is 1.09 bits per heavy atom. The zero-order valence-corrected chi connectivity index (χ0v) is 11.9. The third-order valence-electron chi connectivity index (χ3n) is 2.94. The molecule has 0 radical (unpaired) electrons. The summed E-state index contributed by atoms with van der Waals surface area (Å²) in [5.74, 6) is -0.358. The lowest BCUT2D eigenvalue weighted by molar-refractivity contribution is -0.137. The van der Waals surface area contributed by atoms with Crippen LogP contribution in [0.15, 0.2) is 24.5 Å². The van der Waals surface area contributed by atoms with Crippen molar-refractivity contribution < 1.29 is 18.3 Å². The summed E-state index contributed by atoms with van der Waals surface area (Å²) in [4.78, 5) is 0. The van der Waals surface area contributed by atoms with E-state index in [0.29, 0.717) is 5.52 Å². The van der Waals surface area contributed by atoms with Gasteiger partial charge in [-0.2, -0.15) is 23.4 Å². The van der Waals surface area contributed by atoms with Crippen LogP contribution < -0.4 is 0 Å². The first-order chi connectivity index (χ1) is 10.3. The van der Waals surface area contributed by atoms with Gasteiger partial charge in [-0.1, -0.05) is 23.2 Å². The molecule has 3 aromatic rings. The van der Waals surface area contributed by atoms with Gasteiger partial charge in [0.2, 0.25) is 5.88 Å². The van der Waals surface area contributed by atoms with Crippen LogP contribution in [0.5, 0.6) is 5.88 Å². The van der Waals surface area contributed by atoms with Crippen molar-refractivity contribution in [3.05, 3.63) is 40.1 Å². The molecule has 0 aliphatic heterocycles. The summed E-state index contributed by atoms with van der Waals surface area (Å²) in [5.41, 5.74) is -0.611. The van der Waals surface area contributed by atoms with E-state index in [1.165, 1.54) is 17.1 Å². The number of hydrogen-bond donors (Lipinski definition) is 1. The first-order valence-electron chi connectivity index (χ1n) is 5.74. The van der Waals surface area contributed by atoms with Gasteiger partial charge in [-0.3, -0.25) is 0 Å². The van der Waals surface area contributed by atoms with Crippen LogP contribution in [0, 0.1) is 0 Å². The molecule has 1 aromatic carbocycles. The largest absolute Gasteiger partial charge is 0.492 e. The number of hydrogen-bond acceptors (Lipinski definition) is 4. The topological polar surface area (TPSA) is 63.8 Å². The highest BCUT2D eigenvalue weighted by molar-refractivity contribution is 6.38. The average Bonchev–Trinajstić information content (AvgIpc) is 2.82. The zero-order chi connectivity index (χ0) is 16.1. The molecule has 0 spiro atoms. The fraction of sp³-hybridized carbons (Fsp3) is 0.0833. The Labute approximate surface area is 130 Å². The minimum atomic E-state index is -4.57. The lowest BCUT2D eigenvalue weighted by Crippen LogP contribution is -2.07. The smallest absolute Gasteiger partial charge is 0.416 e. The van der Waals surface area contributed by atoms with E-state index in [2.05, 4.69) is 15.3 Å². The second-order valence-corrected chi connectivity index (χ2v) is 5.12. The first-order valence-corrected chi connectivity index (χ1v) is 6.49. The number of benzene rings is 1. The average molecular weight is 349 g/mol. The maximum absolute atomic E-state index is 12.7. The van der Waals surface area contributed by atoms with E-state index in [-0.39, 0.29) is 27.0 Å². The number of aromatic nitrogens is 4. The molecule has 22 heavy (non-hydrogen) atoms. The van der Waals surface area contributed by atoms with E-state index < -0.39 is 11.7 Å². The minimum absolute atomic E-state index is 0.0544. The van der Waals surface area contributed by atoms with Crippen LogP contribution in [0.1, 0.15) is 5.56 Å². The highest BCUT2D eigenvalue weighted by atomic mass is 35.5. The molecule has 5 nitrogen and oxygen atoms in total. The van der Waals surface area contributed by atoms with E-state index in [0.717, 1.165) is 12.1 Å². The van der Waals surface area contributed by atoms with Gasteiger partial charge < -0.3 is 5.11 Å². The summed E-state index contributed by atoms with van der Waals surface area (Å²) < 4.78 is 39.4. The van der Waals surface area contributed by atoms with Crippen LogP contribution in [0.3, 0.4) is 0 Å². The van der Waals surface area contributed by atoms with E-state index in [4.69, 9.17) is 23.2 Å². The van der Waals surface area contributed by atoms with Crippen molar-refractivity contribution in [2.24, 2.45) is 0 Å². The monoisotopic (exact) mass is 348 g/mol. The number of alkyl halides is 3. The second-order valence-electron chi connectivity index (χ2n) is 4.31. The number of aromatic hydroxyl groups is 1. The molecule has 0 atom stereocenters. The third-order valence-corrected chi connectivity index (χ3v) is 3.51. The Morgan fingerprint density at radius 2 is 1.73 bits per heavy atom. The van der Waals surface area contributed by atoms with Crippen molar-refractivity contribution in [3.8, 4) is 11.6 Å². The van der Waals surface area contributed by atoms with Crippen LogP contribution in [0.2, 0.25) is 10.0 Å². The molecule has 2 aromatic heterocycles. The fourth-order valence-corrected chi connectivity index (χ4v) is 2.60. The molecule has 0 bridgehead atoms. The summed E-state index contributed by atoms with van der Waals surface area (Å²) in [5, 5.41) is 20.3. The molecule has 3 rings (SSSR count). The summed E-state index contributed by atoms with van der Waals surface area (Å²) >= 11 is 11.9. The van der Waals surface area contributed by atoms with Gasteiger partial charge >= 0.3 is 6.18 Å². The standard InChI is InChI=1S/C12H5Cl2F3N4O/c13-7-1-5(12(15,16)17)2-8(14)10(7)21-9-4-18-20-11(22)6(9)3-19-21/h1-4H,(H,20,22). The SMILES string of the molecule is Oc1nncc2c1cnn2-c1c(Cl)cc(C(F)(F)F)cc1Cl. The van der Waals surface area contributed by atoms with Crippen molar-refractivity contribution in [1.29, 1.82) is 0 Å². The molecule has 0 amide bonds. The van der Waals surface area contributed by atoms with Gasteiger partial charge in [0.25, 0.3) is 0 Å². The van der Waals surface area contributed by atoms with Crippen molar-refractivity contribution in [3.63, 3.8) is 0 Å². The highest BCUT2D eigenvalue weighted by Crippen LogP contribution is 2.38. The Hall–Kier alpha value is -2.06. The molecule has 0 saturated carbocycles. The van der Waals surface area contributed by atoms with Crippen LogP contribution in [0.4, 0.5) is 13.2 Å².